The van der Waals surface area contributed by atoms with Crippen molar-refractivity contribution in [1.29, 1.82) is 0 Å². The quantitative estimate of drug-likeness (QED) is 0.455. The minimum atomic E-state index is 1.09. The van der Waals surface area contributed by atoms with Crippen LogP contribution in [0.25, 0.3) is 32.6 Å². The molecule has 2 heteroatoms. The number of pyridine rings is 1. The molecule has 0 fully saturated rings. The van der Waals surface area contributed by atoms with Crippen LogP contribution in [0.3, 0.4) is 0 Å². The molecular formula is C17H14N2. The molecule has 0 unspecified atom stereocenters. The number of rotatable bonds is 0. The molecule has 0 saturated carbocycles. The fourth-order valence-electron chi connectivity index (χ4n) is 2.97. The predicted octanol–water partition coefficient (Wildman–Crippen LogP) is 4.19. The number of hydrogen-bond donors (Lipinski definition) is 0. The van der Waals surface area contributed by atoms with Crippen LogP contribution in [-0.2, 0) is 7.05 Å². The van der Waals surface area contributed by atoms with Crippen molar-refractivity contribution in [2.75, 3.05) is 0 Å². The zero-order valence-corrected chi connectivity index (χ0v) is 11.0. The number of fused-ring (bicyclic) bond motifs is 4. The van der Waals surface area contributed by atoms with Crippen LogP contribution in [0.2, 0.25) is 0 Å². The van der Waals surface area contributed by atoms with Gasteiger partial charge in [-0.05, 0) is 36.6 Å². The van der Waals surface area contributed by atoms with Crippen LogP contribution in [0.15, 0.2) is 48.7 Å². The summed E-state index contributed by atoms with van der Waals surface area (Å²) in [4.78, 5) is 4.39. The van der Waals surface area contributed by atoms with Gasteiger partial charge in [0.25, 0.3) is 0 Å². The van der Waals surface area contributed by atoms with Gasteiger partial charge in [0, 0.05) is 46.1 Å². The maximum absolute atomic E-state index is 4.39. The molecule has 0 amide bonds. The van der Waals surface area contributed by atoms with E-state index in [1.807, 2.05) is 6.20 Å². The molecule has 0 aliphatic rings. The molecule has 2 aromatic carbocycles. The summed E-state index contributed by atoms with van der Waals surface area (Å²) < 4.78 is 2.26. The molecule has 0 aliphatic carbocycles. The molecule has 2 nitrogen and oxygen atoms in total. The Morgan fingerprint density at radius 1 is 0.895 bits per heavy atom. The zero-order chi connectivity index (χ0) is 13.0. The first-order valence-electron chi connectivity index (χ1n) is 6.48. The van der Waals surface area contributed by atoms with Crippen molar-refractivity contribution in [2.24, 2.45) is 7.05 Å². The second-order valence-electron chi connectivity index (χ2n) is 5.06. The highest BCUT2D eigenvalue weighted by atomic mass is 14.9. The number of nitrogens with zero attached hydrogens (tertiary/aromatic N) is 2. The van der Waals surface area contributed by atoms with Gasteiger partial charge in [0.15, 0.2) is 0 Å². The summed E-state index contributed by atoms with van der Waals surface area (Å²) in [7, 11) is 2.13. The third-order valence-electron chi connectivity index (χ3n) is 4.00. The molecule has 0 spiro atoms. The van der Waals surface area contributed by atoms with E-state index in [-0.39, 0.29) is 0 Å². The summed E-state index contributed by atoms with van der Waals surface area (Å²) >= 11 is 0. The Morgan fingerprint density at radius 3 is 2.63 bits per heavy atom. The first kappa shape index (κ1) is 10.6. The van der Waals surface area contributed by atoms with Crippen LogP contribution in [0.5, 0.6) is 0 Å². The van der Waals surface area contributed by atoms with E-state index >= 15 is 0 Å². The first-order valence-corrected chi connectivity index (χ1v) is 6.48. The van der Waals surface area contributed by atoms with Crippen molar-refractivity contribution < 1.29 is 0 Å². The van der Waals surface area contributed by atoms with Gasteiger partial charge in [-0.1, -0.05) is 18.2 Å². The molecule has 0 radical (unpaired) electrons. The molecule has 0 aliphatic heterocycles. The number of aryl methyl sites for hydroxylation is 2. The smallest absolute Gasteiger partial charge is 0.0495 e. The van der Waals surface area contributed by atoms with Crippen LogP contribution in [-0.4, -0.2) is 9.55 Å². The van der Waals surface area contributed by atoms with E-state index in [0.29, 0.717) is 0 Å². The van der Waals surface area contributed by atoms with Gasteiger partial charge in [-0.15, -0.1) is 0 Å². The fourth-order valence-corrected chi connectivity index (χ4v) is 2.97. The average molecular weight is 246 g/mol. The lowest BCUT2D eigenvalue weighted by atomic mass is 10.1. The zero-order valence-electron chi connectivity index (χ0n) is 11.0. The van der Waals surface area contributed by atoms with Crippen LogP contribution < -0.4 is 0 Å². The summed E-state index contributed by atoms with van der Waals surface area (Å²) in [6.07, 6.45) is 1.88. The van der Waals surface area contributed by atoms with Crippen molar-refractivity contribution in [3.63, 3.8) is 0 Å². The fraction of sp³-hybridized carbons (Fsp3) is 0.118. The van der Waals surface area contributed by atoms with Gasteiger partial charge >= 0.3 is 0 Å². The van der Waals surface area contributed by atoms with E-state index in [4.69, 9.17) is 0 Å². The second kappa shape index (κ2) is 3.58. The van der Waals surface area contributed by atoms with Gasteiger partial charge in [0.2, 0.25) is 0 Å². The highest BCUT2D eigenvalue weighted by Gasteiger charge is 2.09. The molecule has 2 heterocycles. The number of para-hydroxylation sites is 1. The monoisotopic (exact) mass is 246 g/mol. The summed E-state index contributed by atoms with van der Waals surface area (Å²) in [5, 5.41) is 5.11. The Bertz CT molecular complexity index is 932. The van der Waals surface area contributed by atoms with Crippen molar-refractivity contribution in [3.05, 3.63) is 54.4 Å². The highest BCUT2D eigenvalue weighted by molar-refractivity contribution is 6.12. The molecule has 0 atom stereocenters. The first-order chi connectivity index (χ1) is 9.25. The van der Waals surface area contributed by atoms with Gasteiger partial charge in [0.05, 0.1) is 0 Å². The van der Waals surface area contributed by atoms with Crippen molar-refractivity contribution in [3.8, 4) is 0 Å². The lowest BCUT2D eigenvalue weighted by Crippen LogP contribution is -1.87. The number of hydrogen-bond acceptors (Lipinski definition) is 1. The maximum atomic E-state index is 4.39. The molecule has 0 bridgehead atoms. The lowest BCUT2D eigenvalue weighted by Gasteiger charge is -2.03. The van der Waals surface area contributed by atoms with Gasteiger partial charge < -0.3 is 4.57 Å². The van der Waals surface area contributed by atoms with Crippen molar-refractivity contribution in [1.82, 2.24) is 9.55 Å². The maximum Gasteiger partial charge on any atom is 0.0495 e. The topological polar surface area (TPSA) is 17.8 Å². The van der Waals surface area contributed by atoms with E-state index in [0.717, 1.165) is 5.69 Å². The van der Waals surface area contributed by atoms with Crippen LogP contribution in [0.4, 0.5) is 0 Å². The van der Waals surface area contributed by atoms with E-state index in [1.165, 1.54) is 32.6 Å². The van der Waals surface area contributed by atoms with Gasteiger partial charge in [0.1, 0.15) is 0 Å². The molecule has 92 valence electrons. The third kappa shape index (κ3) is 1.34. The van der Waals surface area contributed by atoms with E-state index in [1.54, 1.807) is 0 Å². The van der Waals surface area contributed by atoms with Crippen LogP contribution in [0, 0.1) is 6.92 Å². The normalized spacial score (nSPS) is 11.7. The van der Waals surface area contributed by atoms with Crippen LogP contribution >= 0.6 is 0 Å². The SMILES string of the molecule is Cc1nccc2cc3c(cc12)c1ccccc1n3C. The molecular weight excluding hydrogens is 232 g/mol. The van der Waals surface area contributed by atoms with E-state index < -0.39 is 0 Å². The Morgan fingerprint density at radius 2 is 1.74 bits per heavy atom. The minimum absolute atomic E-state index is 1.09. The molecule has 2 aromatic heterocycles. The third-order valence-corrected chi connectivity index (χ3v) is 4.00. The Hall–Kier alpha value is -2.35. The molecule has 0 N–H and O–H groups in total. The van der Waals surface area contributed by atoms with E-state index in [9.17, 15) is 0 Å². The number of aromatic nitrogens is 2. The summed E-state index contributed by atoms with van der Waals surface area (Å²) in [6.45, 7) is 2.07. The lowest BCUT2D eigenvalue weighted by molar-refractivity contribution is 1.01. The van der Waals surface area contributed by atoms with E-state index in [2.05, 4.69) is 66.0 Å². The van der Waals surface area contributed by atoms with Crippen LogP contribution in [0.1, 0.15) is 5.69 Å². The Labute approximate surface area is 111 Å². The molecule has 19 heavy (non-hydrogen) atoms. The summed E-state index contributed by atoms with van der Waals surface area (Å²) in [6, 6.07) is 15.2. The predicted molar refractivity (Wildman–Crippen MR) is 80.5 cm³/mol. The summed E-state index contributed by atoms with van der Waals surface area (Å²) in [5.41, 5.74) is 3.64. The highest BCUT2D eigenvalue weighted by Crippen LogP contribution is 2.31. The summed E-state index contributed by atoms with van der Waals surface area (Å²) in [5.74, 6) is 0. The largest absolute Gasteiger partial charge is 0.344 e. The number of benzene rings is 2. The average Bonchev–Trinajstić information content (AvgIpc) is 2.72. The Kier molecular flexibility index (Phi) is 1.99. The minimum Gasteiger partial charge on any atom is -0.344 e. The standard InChI is InChI=1S/C17H14N2/c1-11-14-10-15-13-5-3-4-6-16(13)19(2)17(15)9-12(14)7-8-18-11/h3-10H,1-2H3. The molecule has 4 aromatic rings. The Balaban J connectivity index is 2.32. The van der Waals surface area contributed by atoms with Gasteiger partial charge in [-0.3, -0.25) is 4.98 Å². The molecule has 4 rings (SSSR count). The van der Waals surface area contributed by atoms with Crippen molar-refractivity contribution >= 4 is 32.6 Å². The van der Waals surface area contributed by atoms with Gasteiger partial charge in [-0.2, -0.15) is 0 Å². The second-order valence-corrected chi connectivity index (χ2v) is 5.06. The van der Waals surface area contributed by atoms with Crippen molar-refractivity contribution in [2.45, 2.75) is 6.92 Å². The van der Waals surface area contributed by atoms with Gasteiger partial charge in [-0.25, -0.2) is 0 Å². The molecule has 0 saturated heterocycles.